The summed E-state index contributed by atoms with van der Waals surface area (Å²) in [6.07, 6.45) is 0.479. The van der Waals surface area contributed by atoms with E-state index in [0.29, 0.717) is 6.54 Å². The molecule has 1 aliphatic heterocycles. The minimum absolute atomic E-state index is 0.0222. The summed E-state index contributed by atoms with van der Waals surface area (Å²) >= 11 is 3.57. The lowest BCUT2D eigenvalue weighted by Gasteiger charge is -2.28. The smallest absolute Gasteiger partial charge is 0.118 e. The van der Waals surface area contributed by atoms with E-state index in [1.807, 2.05) is 12.1 Å². The van der Waals surface area contributed by atoms with Crippen molar-refractivity contribution in [1.29, 1.82) is 0 Å². The highest BCUT2D eigenvalue weighted by Crippen LogP contribution is 2.46. The number of rotatable bonds is 7. The number of nitrogens with zero attached hydrogens (tertiary/aromatic N) is 2. The fourth-order valence-corrected chi connectivity index (χ4v) is 5.98. The molecule has 0 amide bonds. The van der Waals surface area contributed by atoms with Crippen LogP contribution in [-0.4, -0.2) is 56.9 Å². The van der Waals surface area contributed by atoms with Crippen molar-refractivity contribution in [3.63, 3.8) is 0 Å². The Balaban J connectivity index is 1.66. The van der Waals surface area contributed by atoms with Crippen LogP contribution in [0.4, 0.5) is 5.69 Å². The van der Waals surface area contributed by atoms with Crippen molar-refractivity contribution in [3.05, 3.63) is 76.0 Å². The van der Waals surface area contributed by atoms with Gasteiger partial charge in [0.15, 0.2) is 0 Å². The molecule has 0 spiro atoms. The molecule has 0 bridgehead atoms. The molecule has 0 saturated heterocycles. The van der Waals surface area contributed by atoms with Gasteiger partial charge in [0, 0.05) is 35.8 Å². The predicted octanol–water partition coefficient (Wildman–Crippen LogP) is 4.92. The van der Waals surface area contributed by atoms with Crippen LogP contribution >= 0.6 is 23.1 Å². The topological polar surface area (TPSA) is 35.9 Å². The molecule has 2 atom stereocenters. The van der Waals surface area contributed by atoms with Gasteiger partial charge in [0.2, 0.25) is 0 Å². The summed E-state index contributed by atoms with van der Waals surface area (Å²) in [5.74, 6) is 0.836. The Morgan fingerprint density at radius 3 is 2.61 bits per heavy atom. The van der Waals surface area contributed by atoms with Crippen LogP contribution in [0.15, 0.2) is 64.9 Å². The normalized spacial score (nSPS) is 18.7. The third kappa shape index (κ3) is 5.44. The molecule has 0 radical (unpaired) electrons. The molecule has 2 unspecified atom stereocenters. The minimum atomic E-state index is -0.464. The Hall–Kier alpha value is -1.99. The Labute approximate surface area is 193 Å². The SMILES string of the molecule is COc1ccc(C2Sc3cc(Cc4cccs4)ccc3N(CCN(C)C)CC2O)cc1. The molecule has 1 aromatic heterocycles. The molecule has 31 heavy (non-hydrogen) atoms. The van der Waals surface area contributed by atoms with Gasteiger partial charge in [0.25, 0.3) is 0 Å². The van der Waals surface area contributed by atoms with Gasteiger partial charge in [0.05, 0.1) is 24.2 Å². The summed E-state index contributed by atoms with van der Waals surface area (Å²) in [6, 6.07) is 19.2. The molecule has 4 nitrogen and oxygen atoms in total. The van der Waals surface area contributed by atoms with Crippen LogP contribution < -0.4 is 9.64 Å². The fraction of sp³-hybridized carbons (Fsp3) is 0.360. The highest BCUT2D eigenvalue weighted by Gasteiger charge is 2.30. The summed E-state index contributed by atoms with van der Waals surface area (Å²) in [4.78, 5) is 7.14. The average molecular weight is 455 g/mol. The fourth-order valence-electron chi connectivity index (χ4n) is 3.89. The lowest BCUT2D eigenvalue weighted by molar-refractivity contribution is 0.177. The van der Waals surface area contributed by atoms with Crippen molar-refractivity contribution in [3.8, 4) is 5.75 Å². The number of thiophene rings is 1. The molecule has 164 valence electrons. The summed E-state index contributed by atoms with van der Waals surface area (Å²) < 4.78 is 5.32. The van der Waals surface area contributed by atoms with Crippen molar-refractivity contribution in [2.75, 3.05) is 45.7 Å². The van der Waals surface area contributed by atoms with Crippen LogP contribution in [0.2, 0.25) is 0 Å². The van der Waals surface area contributed by atoms with Crippen LogP contribution in [-0.2, 0) is 6.42 Å². The Morgan fingerprint density at radius 1 is 1.13 bits per heavy atom. The number of likely N-dealkylation sites (N-methyl/N-ethyl adjacent to an activating group) is 1. The first-order chi connectivity index (χ1) is 15.0. The lowest BCUT2D eigenvalue weighted by atomic mass is 10.1. The Morgan fingerprint density at radius 2 is 1.94 bits per heavy atom. The van der Waals surface area contributed by atoms with E-state index in [1.165, 1.54) is 21.0 Å². The maximum atomic E-state index is 11.2. The number of fused-ring (bicyclic) bond motifs is 1. The maximum absolute atomic E-state index is 11.2. The van der Waals surface area contributed by atoms with Crippen LogP contribution in [0.5, 0.6) is 5.75 Å². The van der Waals surface area contributed by atoms with Gasteiger partial charge in [0.1, 0.15) is 5.75 Å². The third-order valence-electron chi connectivity index (χ3n) is 5.60. The van der Waals surface area contributed by atoms with Crippen LogP contribution in [0.3, 0.4) is 0 Å². The Bertz CT molecular complexity index is 974. The largest absolute Gasteiger partial charge is 0.497 e. The summed E-state index contributed by atoms with van der Waals surface area (Å²) in [5.41, 5.74) is 3.66. The minimum Gasteiger partial charge on any atom is -0.497 e. The molecule has 3 aromatic rings. The number of hydrogen-bond donors (Lipinski definition) is 1. The number of aliphatic hydroxyl groups is 1. The first-order valence-corrected chi connectivity index (χ1v) is 12.3. The van der Waals surface area contributed by atoms with Gasteiger partial charge in [-0.05, 0) is 60.9 Å². The molecule has 0 saturated carbocycles. The third-order valence-corrected chi connectivity index (χ3v) is 7.89. The van der Waals surface area contributed by atoms with Crippen molar-refractivity contribution >= 4 is 28.8 Å². The van der Waals surface area contributed by atoms with Gasteiger partial charge >= 0.3 is 0 Å². The summed E-state index contributed by atoms with van der Waals surface area (Å²) in [7, 11) is 5.86. The van der Waals surface area contributed by atoms with Crippen molar-refractivity contribution in [1.82, 2.24) is 4.90 Å². The second-order valence-corrected chi connectivity index (χ2v) is 10.4. The quantitative estimate of drug-likeness (QED) is 0.548. The zero-order valence-electron chi connectivity index (χ0n) is 18.3. The number of thioether (sulfide) groups is 1. The number of anilines is 1. The molecule has 2 heterocycles. The molecule has 2 aromatic carbocycles. The lowest BCUT2D eigenvalue weighted by Crippen LogP contribution is -2.38. The highest BCUT2D eigenvalue weighted by molar-refractivity contribution is 7.99. The zero-order chi connectivity index (χ0) is 21.8. The first-order valence-electron chi connectivity index (χ1n) is 10.6. The molecular formula is C25H30N2O2S2. The number of ether oxygens (including phenoxy) is 1. The second kappa shape index (κ2) is 10.1. The summed E-state index contributed by atoms with van der Waals surface area (Å²) in [6.45, 7) is 2.45. The monoisotopic (exact) mass is 454 g/mol. The number of hydrogen-bond acceptors (Lipinski definition) is 6. The van der Waals surface area contributed by atoms with Gasteiger partial charge in [-0.3, -0.25) is 0 Å². The summed E-state index contributed by atoms with van der Waals surface area (Å²) in [5, 5.41) is 13.3. The van der Waals surface area contributed by atoms with E-state index in [2.05, 4.69) is 71.7 Å². The van der Waals surface area contributed by atoms with Crippen molar-refractivity contribution in [2.45, 2.75) is 22.7 Å². The van der Waals surface area contributed by atoms with Gasteiger partial charge in [-0.25, -0.2) is 0 Å². The Kier molecular flexibility index (Phi) is 7.23. The van der Waals surface area contributed by atoms with E-state index in [9.17, 15) is 5.11 Å². The van der Waals surface area contributed by atoms with E-state index in [4.69, 9.17) is 4.74 Å². The number of β-amino-alcohol motifs (C(OH)–C–C–N with tert-alkyl or cyclic N) is 1. The maximum Gasteiger partial charge on any atom is 0.118 e. The van der Waals surface area contributed by atoms with E-state index in [-0.39, 0.29) is 5.25 Å². The van der Waals surface area contributed by atoms with Crippen LogP contribution in [0.25, 0.3) is 0 Å². The van der Waals surface area contributed by atoms with Gasteiger partial charge in [-0.2, -0.15) is 0 Å². The van der Waals surface area contributed by atoms with E-state index in [0.717, 1.165) is 30.8 Å². The van der Waals surface area contributed by atoms with E-state index >= 15 is 0 Å². The molecule has 0 fully saturated rings. The second-order valence-electron chi connectivity index (χ2n) is 8.19. The molecule has 4 rings (SSSR count). The molecular weight excluding hydrogens is 424 g/mol. The number of methoxy groups -OCH3 is 1. The molecule has 6 heteroatoms. The predicted molar refractivity (Wildman–Crippen MR) is 132 cm³/mol. The van der Waals surface area contributed by atoms with Gasteiger partial charge in [-0.15, -0.1) is 23.1 Å². The van der Waals surface area contributed by atoms with Gasteiger partial charge < -0.3 is 19.6 Å². The highest BCUT2D eigenvalue weighted by atomic mass is 32.2. The van der Waals surface area contributed by atoms with Crippen LogP contribution in [0.1, 0.15) is 21.3 Å². The standard InChI is InChI=1S/C25H30N2O2S2/c1-26(2)12-13-27-17-23(28)25(19-7-9-20(29-3)10-8-19)31-24-16-18(6-11-22(24)27)15-21-5-4-14-30-21/h4-11,14,16,23,25,28H,12-13,15,17H2,1-3H3. The number of aliphatic hydroxyl groups excluding tert-OH is 1. The van der Waals surface area contributed by atoms with E-state index < -0.39 is 6.10 Å². The molecule has 0 aliphatic carbocycles. The first kappa shape index (κ1) is 22.2. The van der Waals surface area contributed by atoms with Gasteiger partial charge in [-0.1, -0.05) is 24.3 Å². The van der Waals surface area contributed by atoms with Crippen molar-refractivity contribution < 1.29 is 9.84 Å². The van der Waals surface area contributed by atoms with Crippen LogP contribution in [0, 0.1) is 0 Å². The average Bonchev–Trinajstić information content (AvgIpc) is 3.23. The molecule has 1 N–H and O–H groups in total. The molecule has 1 aliphatic rings. The van der Waals surface area contributed by atoms with Crippen molar-refractivity contribution in [2.24, 2.45) is 0 Å². The van der Waals surface area contributed by atoms with E-state index in [1.54, 1.807) is 30.2 Å². The zero-order valence-corrected chi connectivity index (χ0v) is 20.0. The number of benzene rings is 2.